The second-order valence-corrected chi connectivity index (χ2v) is 5.47. The molecule has 5 nitrogen and oxygen atoms in total. The van der Waals surface area contributed by atoms with Gasteiger partial charge in [-0.15, -0.1) is 0 Å². The largest absolute Gasteiger partial charge is 0.440 e. The summed E-state index contributed by atoms with van der Waals surface area (Å²) in [6, 6.07) is 7.46. The van der Waals surface area contributed by atoms with Crippen molar-refractivity contribution in [2.24, 2.45) is 5.73 Å². The predicted octanol–water partition coefficient (Wildman–Crippen LogP) is 3.19. The van der Waals surface area contributed by atoms with E-state index in [9.17, 15) is 23.2 Å². The number of nitriles is 1. The number of hydrogen-bond acceptors (Lipinski definition) is 5. The lowest BCUT2D eigenvalue weighted by Crippen LogP contribution is -2.26. The second-order valence-electron chi connectivity index (χ2n) is 5.47. The highest BCUT2D eigenvalue weighted by atomic mass is 19.4. The van der Waals surface area contributed by atoms with Crippen molar-refractivity contribution in [1.82, 2.24) is 0 Å². The Kier molecular flexibility index (Phi) is 3.80. The maximum Gasteiger partial charge on any atom is 0.416 e. The number of aryl methyl sites for hydroxylation is 1. The lowest BCUT2D eigenvalue weighted by atomic mass is 9.84. The first-order valence-corrected chi connectivity index (χ1v) is 7.11. The van der Waals surface area contributed by atoms with Crippen LogP contribution in [0.2, 0.25) is 0 Å². The minimum Gasteiger partial charge on any atom is -0.440 e. The van der Waals surface area contributed by atoms with Crippen LogP contribution in [0, 0.1) is 18.3 Å². The van der Waals surface area contributed by atoms with Crippen LogP contribution in [0.3, 0.4) is 0 Å². The van der Waals surface area contributed by atoms with Gasteiger partial charge in [-0.2, -0.15) is 18.4 Å². The molecule has 0 bridgehead atoms. The number of halogens is 3. The van der Waals surface area contributed by atoms with Crippen LogP contribution < -0.4 is 16.1 Å². The number of rotatable bonds is 1. The number of hydrogen-bond donors (Lipinski definition) is 1. The summed E-state index contributed by atoms with van der Waals surface area (Å²) in [5.74, 6) is -0.768. The third kappa shape index (κ3) is 2.85. The summed E-state index contributed by atoms with van der Waals surface area (Å²) in [4.78, 5) is 12.3. The summed E-state index contributed by atoms with van der Waals surface area (Å²) in [6.45, 7) is 1.54. The molecule has 0 aliphatic carbocycles. The summed E-state index contributed by atoms with van der Waals surface area (Å²) < 4.78 is 48.6. The quantitative estimate of drug-likeness (QED) is 0.855. The molecule has 25 heavy (non-hydrogen) atoms. The summed E-state index contributed by atoms with van der Waals surface area (Å²) in [7, 11) is 0. The van der Waals surface area contributed by atoms with Gasteiger partial charge in [0.25, 0.3) is 0 Å². The molecule has 1 aliphatic heterocycles. The maximum atomic E-state index is 12.7. The Morgan fingerprint density at radius 2 is 1.88 bits per heavy atom. The number of nitrogens with zero attached hydrogens (tertiary/aromatic N) is 1. The van der Waals surface area contributed by atoms with Crippen LogP contribution in [-0.4, -0.2) is 0 Å². The summed E-state index contributed by atoms with van der Waals surface area (Å²) in [5, 5.41) is 9.37. The highest BCUT2D eigenvalue weighted by Gasteiger charge is 2.35. The van der Waals surface area contributed by atoms with Gasteiger partial charge in [0, 0.05) is 6.07 Å². The minimum atomic E-state index is -4.49. The molecule has 0 unspecified atom stereocenters. The van der Waals surface area contributed by atoms with Crippen molar-refractivity contribution < 1.29 is 22.3 Å². The summed E-state index contributed by atoms with van der Waals surface area (Å²) >= 11 is 0. The zero-order valence-corrected chi connectivity index (χ0v) is 12.8. The Morgan fingerprint density at radius 1 is 1.24 bits per heavy atom. The molecule has 1 aliphatic rings. The van der Waals surface area contributed by atoms with Gasteiger partial charge in [-0.1, -0.05) is 12.1 Å². The topological polar surface area (TPSA) is 89.2 Å². The molecule has 2 aromatic rings. The lowest BCUT2D eigenvalue weighted by Gasteiger charge is -2.25. The molecule has 128 valence electrons. The van der Waals surface area contributed by atoms with E-state index in [0.717, 1.165) is 12.1 Å². The minimum absolute atomic E-state index is 0.0242. The van der Waals surface area contributed by atoms with Crippen molar-refractivity contribution in [3.05, 3.63) is 74.7 Å². The molecule has 0 amide bonds. The average molecular weight is 348 g/mol. The molecule has 0 radical (unpaired) electrons. The van der Waals surface area contributed by atoms with Gasteiger partial charge < -0.3 is 14.9 Å². The van der Waals surface area contributed by atoms with Gasteiger partial charge in [0.2, 0.25) is 5.88 Å². The van der Waals surface area contributed by atoms with E-state index >= 15 is 0 Å². The van der Waals surface area contributed by atoms with Crippen LogP contribution >= 0.6 is 0 Å². The zero-order chi connectivity index (χ0) is 18.4. The first-order chi connectivity index (χ1) is 11.7. The van der Waals surface area contributed by atoms with Crippen LogP contribution in [0.1, 0.15) is 28.4 Å². The fraction of sp³-hybridized carbons (Fsp3) is 0.176. The monoisotopic (exact) mass is 348 g/mol. The van der Waals surface area contributed by atoms with Crippen molar-refractivity contribution >= 4 is 0 Å². The van der Waals surface area contributed by atoms with Crippen LogP contribution in [0.25, 0.3) is 0 Å². The van der Waals surface area contributed by atoms with E-state index < -0.39 is 23.3 Å². The van der Waals surface area contributed by atoms with E-state index in [1.165, 1.54) is 25.1 Å². The van der Waals surface area contributed by atoms with Crippen LogP contribution in [0.15, 0.2) is 51.0 Å². The van der Waals surface area contributed by atoms with Gasteiger partial charge in [-0.05, 0) is 24.6 Å². The van der Waals surface area contributed by atoms with E-state index in [1.807, 2.05) is 6.07 Å². The number of ether oxygens (including phenoxy) is 1. The standard InChI is InChI=1S/C17H11F3N2O3/c1-8-6-12-14(16(23)24-8)13(11(7-21)15(22)25-12)9-2-4-10(5-3-9)17(18,19)20/h2-6,13H,22H2,1H3/t13-/m0/s1. The Morgan fingerprint density at radius 3 is 2.44 bits per heavy atom. The first kappa shape index (κ1) is 16.6. The average Bonchev–Trinajstić information content (AvgIpc) is 2.52. The van der Waals surface area contributed by atoms with E-state index in [4.69, 9.17) is 14.9 Å². The van der Waals surface area contributed by atoms with Crippen molar-refractivity contribution in [1.29, 1.82) is 5.26 Å². The Balaban J connectivity index is 2.21. The molecular weight excluding hydrogens is 337 g/mol. The number of fused-ring (bicyclic) bond motifs is 1. The maximum absolute atomic E-state index is 12.7. The number of nitrogens with two attached hydrogens (primary N) is 1. The molecular formula is C17H11F3N2O3. The highest BCUT2D eigenvalue weighted by Crippen LogP contribution is 2.41. The van der Waals surface area contributed by atoms with Gasteiger partial charge in [0.15, 0.2) is 0 Å². The molecule has 0 saturated carbocycles. The fourth-order valence-corrected chi connectivity index (χ4v) is 2.72. The van der Waals surface area contributed by atoms with E-state index in [2.05, 4.69) is 0 Å². The summed E-state index contributed by atoms with van der Waals surface area (Å²) in [5.41, 5.74) is 4.44. The van der Waals surface area contributed by atoms with Gasteiger partial charge in [0.1, 0.15) is 23.2 Å². The van der Waals surface area contributed by atoms with Crippen LogP contribution in [-0.2, 0) is 6.18 Å². The van der Waals surface area contributed by atoms with Gasteiger partial charge in [-0.3, -0.25) is 0 Å². The molecule has 0 saturated heterocycles. The molecule has 1 aromatic heterocycles. The highest BCUT2D eigenvalue weighted by molar-refractivity contribution is 5.54. The molecule has 3 rings (SSSR count). The first-order valence-electron chi connectivity index (χ1n) is 7.11. The molecule has 0 fully saturated rings. The predicted molar refractivity (Wildman–Crippen MR) is 80.5 cm³/mol. The zero-order valence-electron chi connectivity index (χ0n) is 12.8. The molecule has 0 spiro atoms. The van der Waals surface area contributed by atoms with E-state index in [1.54, 1.807) is 0 Å². The van der Waals surface area contributed by atoms with E-state index in [0.29, 0.717) is 5.56 Å². The fourth-order valence-electron chi connectivity index (χ4n) is 2.72. The molecule has 8 heteroatoms. The molecule has 1 aromatic carbocycles. The van der Waals surface area contributed by atoms with Gasteiger partial charge in [-0.25, -0.2) is 4.79 Å². The molecule has 2 N–H and O–H groups in total. The number of benzene rings is 1. The third-order valence-electron chi connectivity index (χ3n) is 3.83. The Bertz CT molecular complexity index is 967. The Labute approximate surface area is 139 Å². The number of allylic oxidation sites excluding steroid dienone is 1. The molecule has 2 heterocycles. The SMILES string of the molecule is Cc1cc2c(c(=O)o1)[C@@H](c1ccc(C(F)(F)F)cc1)C(C#N)=C(N)O2. The normalized spacial score (nSPS) is 16.8. The van der Waals surface area contributed by atoms with Gasteiger partial charge in [0.05, 0.1) is 17.0 Å². The third-order valence-corrected chi connectivity index (χ3v) is 3.83. The molecule has 1 atom stereocenters. The van der Waals surface area contributed by atoms with Gasteiger partial charge >= 0.3 is 11.8 Å². The number of alkyl halides is 3. The van der Waals surface area contributed by atoms with Crippen LogP contribution in [0.5, 0.6) is 5.75 Å². The van der Waals surface area contributed by atoms with E-state index in [-0.39, 0.29) is 28.5 Å². The van der Waals surface area contributed by atoms with Crippen molar-refractivity contribution in [2.75, 3.05) is 0 Å². The van der Waals surface area contributed by atoms with Crippen LogP contribution in [0.4, 0.5) is 13.2 Å². The van der Waals surface area contributed by atoms with Crippen molar-refractivity contribution in [3.8, 4) is 11.8 Å². The second kappa shape index (κ2) is 5.70. The van der Waals surface area contributed by atoms with Crippen molar-refractivity contribution in [3.63, 3.8) is 0 Å². The Hall–Kier alpha value is -3.21. The smallest absolute Gasteiger partial charge is 0.416 e. The lowest BCUT2D eigenvalue weighted by molar-refractivity contribution is -0.137. The van der Waals surface area contributed by atoms with Crippen molar-refractivity contribution in [2.45, 2.75) is 19.0 Å². The summed E-state index contributed by atoms with van der Waals surface area (Å²) in [6.07, 6.45) is -4.49.